The van der Waals surface area contributed by atoms with E-state index < -0.39 is 5.91 Å². The molecule has 22 heavy (non-hydrogen) atoms. The molecule has 2 rings (SSSR count). The van der Waals surface area contributed by atoms with Gasteiger partial charge in [0.25, 0.3) is 0 Å². The van der Waals surface area contributed by atoms with E-state index in [9.17, 15) is 9.59 Å². The molecule has 0 bridgehead atoms. The lowest BCUT2D eigenvalue weighted by Gasteiger charge is -2.13. The van der Waals surface area contributed by atoms with Gasteiger partial charge in [-0.1, -0.05) is 0 Å². The highest BCUT2D eigenvalue weighted by molar-refractivity contribution is 6.00. The lowest BCUT2D eigenvalue weighted by Crippen LogP contribution is -2.19. The van der Waals surface area contributed by atoms with Gasteiger partial charge in [0.15, 0.2) is 0 Å². The van der Waals surface area contributed by atoms with Gasteiger partial charge in [-0.15, -0.1) is 0 Å². The first kappa shape index (κ1) is 15.4. The molecular formula is C16H18N4O2. The van der Waals surface area contributed by atoms with Crippen LogP contribution < -0.4 is 21.3 Å². The van der Waals surface area contributed by atoms with Gasteiger partial charge in [0, 0.05) is 36.7 Å². The van der Waals surface area contributed by atoms with E-state index in [4.69, 9.17) is 5.73 Å². The fourth-order valence-corrected chi connectivity index (χ4v) is 1.85. The Morgan fingerprint density at radius 3 is 1.73 bits per heavy atom. The second-order valence-electron chi connectivity index (χ2n) is 4.96. The summed E-state index contributed by atoms with van der Waals surface area (Å²) < 4.78 is 0. The number of hydrogen-bond donors (Lipinski definition) is 3. The van der Waals surface area contributed by atoms with Gasteiger partial charge in [-0.3, -0.25) is 4.79 Å². The minimum absolute atomic E-state index is 0.357. The quantitative estimate of drug-likeness (QED) is 0.810. The molecule has 3 amide bonds. The predicted molar refractivity (Wildman–Crippen MR) is 88.4 cm³/mol. The second kappa shape index (κ2) is 6.62. The van der Waals surface area contributed by atoms with Crippen LogP contribution in [0.5, 0.6) is 0 Å². The number of carbonyl (C=O) groups excluding carboxylic acids is 2. The van der Waals surface area contributed by atoms with E-state index in [2.05, 4.69) is 10.6 Å². The number of rotatable bonds is 4. The van der Waals surface area contributed by atoms with Crippen molar-refractivity contribution in [1.82, 2.24) is 0 Å². The molecule has 114 valence electrons. The summed E-state index contributed by atoms with van der Waals surface area (Å²) in [6.07, 6.45) is 0. The predicted octanol–water partition coefficient (Wildman–Crippen LogP) is 2.50. The van der Waals surface area contributed by atoms with Crippen molar-refractivity contribution in [2.24, 2.45) is 5.73 Å². The Labute approximate surface area is 128 Å². The Bertz CT molecular complexity index is 664. The average molecular weight is 298 g/mol. The van der Waals surface area contributed by atoms with Gasteiger partial charge in [-0.25, -0.2) is 4.79 Å². The van der Waals surface area contributed by atoms with E-state index in [1.54, 1.807) is 24.3 Å². The molecule has 4 N–H and O–H groups in total. The molecule has 0 spiro atoms. The third kappa shape index (κ3) is 3.99. The van der Waals surface area contributed by atoms with Gasteiger partial charge >= 0.3 is 6.03 Å². The highest BCUT2D eigenvalue weighted by atomic mass is 16.2. The minimum atomic E-state index is -0.503. The normalized spacial score (nSPS) is 9.91. The Kier molecular flexibility index (Phi) is 4.63. The fourth-order valence-electron chi connectivity index (χ4n) is 1.85. The smallest absolute Gasteiger partial charge is 0.323 e. The minimum Gasteiger partial charge on any atom is -0.378 e. The van der Waals surface area contributed by atoms with Crippen LogP contribution >= 0.6 is 0 Å². The zero-order chi connectivity index (χ0) is 16.1. The Morgan fingerprint density at radius 2 is 1.32 bits per heavy atom. The number of benzene rings is 2. The maximum absolute atomic E-state index is 11.9. The number of nitrogens with two attached hydrogens (primary N) is 1. The summed E-state index contributed by atoms with van der Waals surface area (Å²) in [5.41, 5.74) is 7.87. The Morgan fingerprint density at radius 1 is 0.864 bits per heavy atom. The SMILES string of the molecule is CN(C)c1ccc(NC(=O)Nc2ccc(C(N)=O)cc2)cc1. The first-order chi connectivity index (χ1) is 10.5. The lowest BCUT2D eigenvalue weighted by atomic mass is 10.2. The van der Waals surface area contributed by atoms with Crippen LogP contribution in [0.3, 0.4) is 0 Å². The van der Waals surface area contributed by atoms with Crippen LogP contribution in [0.2, 0.25) is 0 Å². The van der Waals surface area contributed by atoms with E-state index in [0.29, 0.717) is 16.9 Å². The number of anilines is 3. The molecule has 0 saturated heterocycles. The van der Waals surface area contributed by atoms with Crippen molar-refractivity contribution in [2.75, 3.05) is 29.6 Å². The topological polar surface area (TPSA) is 87.5 Å². The Balaban J connectivity index is 1.96. The molecule has 0 aliphatic heterocycles. The van der Waals surface area contributed by atoms with E-state index in [1.165, 1.54) is 0 Å². The number of hydrogen-bond acceptors (Lipinski definition) is 3. The maximum atomic E-state index is 11.9. The molecule has 6 heteroatoms. The number of urea groups is 1. The molecule has 0 saturated carbocycles. The fraction of sp³-hybridized carbons (Fsp3) is 0.125. The summed E-state index contributed by atoms with van der Waals surface area (Å²) in [6.45, 7) is 0. The van der Waals surface area contributed by atoms with Crippen LogP contribution in [-0.4, -0.2) is 26.0 Å². The standard InChI is InChI=1S/C16H18N4O2/c1-20(2)14-9-7-13(8-10-14)19-16(22)18-12-5-3-11(4-6-12)15(17)21/h3-10H,1-2H3,(H2,17,21)(H2,18,19,22). The van der Waals surface area contributed by atoms with Gasteiger partial charge < -0.3 is 21.3 Å². The molecule has 0 aliphatic rings. The maximum Gasteiger partial charge on any atom is 0.323 e. The van der Waals surface area contributed by atoms with Crippen molar-refractivity contribution in [3.63, 3.8) is 0 Å². The lowest BCUT2D eigenvalue weighted by molar-refractivity contribution is 0.100. The zero-order valence-corrected chi connectivity index (χ0v) is 12.5. The largest absolute Gasteiger partial charge is 0.378 e. The molecule has 0 fully saturated rings. The van der Waals surface area contributed by atoms with Gasteiger partial charge in [0.2, 0.25) is 5.91 Å². The summed E-state index contributed by atoms with van der Waals surface area (Å²) in [6, 6.07) is 13.5. The summed E-state index contributed by atoms with van der Waals surface area (Å²) in [5.74, 6) is -0.503. The first-order valence-electron chi connectivity index (χ1n) is 6.71. The van der Waals surface area contributed by atoms with Crippen molar-refractivity contribution < 1.29 is 9.59 Å². The number of primary amides is 1. The average Bonchev–Trinajstić information content (AvgIpc) is 2.48. The van der Waals surface area contributed by atoms with Crippen molar-refractivity contribution in [2.45, 2.75) is 0 Å². The third-order valence-corrected chi connectivity index (χ3v) is 3.07. The van der Waals surface area contributed by atoms with E-state index in [-0.39, 0.29) is 6.03 Å². The van der Waals surface area contributed by atoms with Crippen molar-refractivity contribution >= 4 is 29.0 Å². The number of nitrogens with one attached hydrogen (secondary N) is 2. The van der Waals surface area contributed by atoms with E-state index in [1.807, 2.05) is 43.3 Å². The summed E-state index contributed by atoms with van der Waals surface area (Å²) in [4.78, 5) is 24.8. The summed E-state index contributed by atoms with van der Waals surface area (Å²) in [5, 5.41) is 5.42. The van der Waals surface area contributed by atoms with Crippen molar-refractivity contribution in [3.8, 4) is 0 Å². The summed E-state index contributed by atoms with van der Waals surface area (Å²) >= 11 is 0. The summed E-state index contributed by atoms with van der Waals surface area (Å²) in [7, 11) is 3.90. The molecule has 2 aromatic carbocycles. The third-order valence-electron chi connectivity index (χ3n) is 3.07. The molecule has 0 radical (unpaired) electrons. The van der Waals surface area contributed by atoms with Gasteiger partial charge in [0.05, 0.1) is 0 Å². The highest BCUT2D eigenvalue weighted by Crippen LogP contribution is 2.16. The molecule has 2 aromatic rings. The number of nitrogens with zero attached hydrogens (tertiary/aromatic N) is 1. The molecule has 0 atom stereocenters. The number of carbonyl (C=O) groups is 2. The molecule has 0 aliphatic carbocycles. The van der Waals surface area contributed by atoms with Crippen molar-refractivity contribution in [1.29, 1.82) is 0 Å². The van der Waals surface area contributed by atoms with E-state index >= 15 is 0 Å². The molecule has 0 unspecified atom stereocenters. The molecular weight excluding hydrogens is 280 g/mol. The van der Waals surface area contributed by atoms with Crippen LogP contribution in [-0.2, 0) is 0 Å². The van der Waals surface area contributed by atoms with E-state index in [0.717, 1.165) is 5.69 Å². The van der Waals surface area contributed by atoms with Gasteiger partial charge in [-0.2, -0.15) is 0 Å². The van der Waals surface area contributed by atoms with Crippen LogP contribution in [0.15, 0.2) is 48.5 Å². The zero-order valence-electron chi connectivity index (χ0n) is 12.5. The van der Waals surface area contributed by atoms with Gasteiger partial charge in [-0.05, 0) is 48.5 Å². The monoisotopic (exact) mass is 298 g/mol. The van der Waals surface area contributed by atoms with Crippen LogP contribution in [0, 0.1) is 0 Å². The van der Waals surface area contributed by atoms with Crippen LogP contribution in [0.4, 0.5) is 21.9 Å². The second-order valence-corrected chi connectivity index (χ2v) is 4.96. The Hall–Kier alpha value is -3.02. The molecule has 0 heterocycles. The van der Waals surface area contributed by atoms with Gasteiger partial charge in [0.1, 0.15) is 0 Å². The first-order valence-corrected chi connectivity index (χ1v) is 6.71. The number of amides is 3. The molecule has 0 aromatic heterocycles. The highest BCUT2D eigenvalue weighted by Gasteiger charge is 2.04. The molecule has 6 nitrogen and oxygen atoms in total. The van der Waals surface area contributed by atoms with Crippen LogP contribution in [0.25, 0.3) is 0 Å². The van der Waals surface area contributed by atoms with Crippen molar-refractivity contribution in [3.05, 3.63) is 54.1 Å². The van der Waals surface area contributed by atoms with Crippen LogP contribution in [0.1, 0.15) is 10.4 Å².